The Morgan fingerprint density at radius 3 is 2.53 bits per heavy atom. The minimum atomic E-state index is 0.160. The third-order valence-electron chi connectivity index (χ3n) is 3.66. The minimum Gasteiger partial charge on any atom is -0.353 e. The number of hydrogen-bond donors (Lipinski definition) is 1. The number of carbonyl (C=O) groups excluding carboxylic acids is 2. The van der Waals surface area contributed by atoms with E-state index in [1.165, 1.54) is 0 Å². The Morgan fingerprint density at radius 1 is 1.35 bits per heavy atom. The monoisotopic (exact) mass is 239 g/mol. The topological polar surface area (TPSA) is 46.2 Å². The zero-order valence-corrected chi connectivity index (χ0v) is 11.1. The van der Waals surface area contributed by atoms with E-state index in [0.29, 0.717) is 18.6 Å². The van der Waals surface area contributed by atoms with Crippen LogP contribution in [0.5, 0.6) is 0 Å². The molecule has 0 heterocycles. The van der Waals surface area contributed by atoms with Crippen LogP contribution in [0.15, 0.2) is 0 Å². The fraction of sp³-hybridized carbons (Fsp3) is 0.857. The maximum absolute atomic E-state index is 12.0. The van der Waals surface area contributed by atoms with Crippen LogP contribution in [-0.2, 0) is 9.59 Å². The van der Waals surface area contributed by atoms with Gasteiger partial charge in [-0.15, -0.1) is 0 Å². The van der Waals surface area contributed by atoms with Crippen LogP contribution in [0.25, 0.3) is 0 Å². The maximum atomic E-state index is 12.0. The average Bonchev–Trinajstić information content (AvgIpc) is 2.33. The summed E-state index contributed by atoms with van der Waals surface area (Å²) in [6.07, 6.45) is 7.09. The molecule has 0 bridgehead atoms. The van der Waals surface area contributed by atoms with Crippen LogP contribution < -0.4 is 5.32 Å². The number of Topliss-reactive ketones (excluding diaryl/α,β-unsaturated/α-hetero) is 1. The van der Waals surface area contributed by atoms with Crippen LogP contribution in [0.3, 0.4) is 0 Å². The Balaban J connectivity index is 2.33. The van der Waals surface area contributed by atoms with E-state index in [0.717, 1.165) is 38.5 Å². The predicted octanol–water partition coefficient (Wildman–Crippen LogP) is 2.83. The summed E-state index contributed by atoms with van der Waals surface area (Å²) in [7, 11) is 0. The van der Waals surface area contributed by atoms with Gasteiger partial charge in [-0.05, 0) is 25.7 Å². The van der Waals surface area contributed by atoms with Gasteiger partial charge in [-0.3, -0.25) is 9.59 Å². The summed E-state index contributed by atoms with van der Waals surface area (Å²) in [5.74, 6) is 0.696. The van der Waals surface area contributed by atoms with Crippen molar-refractivity contribution in [1.29, 1.82) is 0 Å². The highest BCUT2D eigenvalue weighted by Crippen LogP contribution is 2.17. The lowest BCUT2D eigenvalue weighted by atomic mass is 9.92. The van der Waals surface area contributed by atoms with E-state index >= 15 is 0 Å². The Hall–Kier alpha value is -0.860. The largest absolute Gasteiger partial charge is 0.353 e. The third-order valence-corrected chi connectivity index (χ3v) is 3.66. The van der Waals surface area contributed by atoms with Crippen molar-refractivity contribution in [2.24, 2.45) is 5.92 Å². The molecule has 0 aromatic heterocycles. The van der Waals surface area contributed by atoms with E-state index in [-0.39, 0.29) is 17.9 Å². The lowest BCUT2D eigenvalue weighted by Gasteiger charge is -2.24. The van der Waals surface area contributed by atoms with Crippen molar-refractivity contribution in [3.63, 3.8) is 0 Å². The minimum absolute atomic E-state index is 0.160. The number of rotatable bonds is 6. The first-order valence-electron chi connectivity index (χ1n) is 6.99. The van der Waals surface area contributed by atoms with E-state index in [2.05, 4.69) is 19.2 Å². The van der Waals surface area contributed by atoms with Gasteiger partial charge in [0.15, 0.2) is 0 Å². The summed E-state index contributed by atoms with van der Waals surface area (Å²) in [6, 6.07) is 0.232. The first kappa shape index (κ1) is 14.2. The van der Waals surface area contributed by atoms with Crippen LogP contribution in [0, 0.1) is 5.92 Å². The summed E-state index contributed by atoms with van der Waals surface area (Å²) < 4.78 is 0. The van der Waals surface area contributed by atoms with Gasteiger partial charge in [0.1, 0.15) is 5.78 Å². The summed E-state index contributed by atoms with van der Waals surface area (Å²) >= 11 is 0. The van der Waals surface area contributed by atoms with Gasteiger partial charge in [-0.1, -0.05) is 26.7 Å². The standard InChI is InChI=1S/C14H25NO2/c1-3-5-6-11(4-2)14(17)15-12-7-9-13(16)10-8-12/h11-12H,3-10H2,1-2H3,(H,15,17). The fourth-order valence-electron chi connectivity index (χ4n) is 2.37. The molecule has 1 N–H and O–H groups in total. The molecule has 0 spiro atoms. The molecular weight excluding hydrogens is 214 g/mol. The van der Waals surface area contributed by atoms with Crippen molar-refractivity contribution >= 4 is 11.7 Å². The van der Waals surface area contributed by atoms with Crippen LogP contribution in [0.2, 0.25) is 0 Å². The molecule has 1 unspecified atom stereocenters. The summed E-state index contributed by atoms with van der Waals surface area (Å²) in [5.41, 5.74) is 0. The Kier molecular flexibility index (Phi) is 6.23. The van der Waals surface area contributed by atoms with Gasteiger partial charge < -0.3 is 5.32 Å². The van der Waals surface area contributed by atoms with E-state index in [1.54, 1.807) is 0 Å². The number of carbonyl (C=O) groups is 2. The molecule has 1 fully saturated rings. The second-order valence-electron chi connectivity index (χ2n) is 5.07. The lowest BCUT2D eigenvalue weighted by Crippen LogP contribution is -2.40. The molecule has 1 rings (SSSR count). The molecule has 0 saturated heterocycles. The van der Waals surface area contributed by atoms with Crippen LogP contribution >= 0.6 is 0 Å². The molecule has 98 valence electrons. The molecule has 1 atom stereocenters. The molecule has 1 aliphatic carbocycles. The number of amides is 1. The quantitative estimate of drug-likeness (QED) is 0.774. The molecule has 0 radical (unpaired) electrons. The zero-order valence-electron chi connectivity index (χ0n) is 11.1. The average molecular weight is 239 g/mol. The molecule has 0 aromatic rings. The second kappa shape index (κ2) is 7.46. The van der Waals surface area contributed by atoms with Crippen LogP contribution in [-0.4, -0.2) is 17.7 Å². The zero-order chi connectivity index (χ0) is 12.7. The van der Waals surface area contributed by atoms with E-state index < -0.39 is 0 Å². The summed E-state index contributed by atoms with van der Waals surface area (Å²) in [6.45, 7) is 4.22. The molecule has 17 heavy (non-hydrogen) atoms. The molecule has 0 aliphatic heterocycles. The highest BCUT2D eigenvalue weighted by molar-refractivity contribution is 5.81. The third kappa shape index (κ3) is 4.88. The summed E-state index contributed by atoms with van der Waals surface area (Å²) in [5, 5.41) is 3.11. The van der Waals surface area contributed by atoms with Gasteiger partial charge in [-0.2, -0.15) is 0 Å². The number of nitrogens with one attached hydrogen (secondary N) is 1. The normalized spacial score (nSPS) is 19.1. The number of ketones is 1. The van der Waals surface area contributed by atoms with Gasteiger partial charge in [0.25, 0.3) is 0 Å². The number of unbranched alkanes of at least 4 members (excludes halogenated alkanes) is 1. The van der Waals surface area contributed by atoms with Gasteiger partial charge in [-0.25, -0.2) is 0 Å². The molecule has 3 nitrogen and oxygen atoms in total. The van der Waals surface area contributed by atoms with Crippen molar-refractivity contribution in [1.82, 2.24) is 5.32 Å². The molecule has 1 amide bonds. The highest BCUT2D eigenvalue weighted by Gasteiger charge is 2.23. The van der Waals surface area contributed by atoms with Gasteiger partial charge in [0.05, 0.1) is 0 Å². The van der Waals surface area contributed by atoms with E-state index in [1.807, 2.05) is 0 Å². The molecule has 1 saturated carbocycles. The van der Waals surface area contributed by atoms with Crippen molar-refractivity contribution in [2.75, 3.05) is 0 Å². The fourth-order valence-corrected chi connectivity index (χ4v) is 2.37. The first-order valence-corrected chi connectivity index (χ1v) is 6.99. The van der Waals surface area contributed by atoms with Crippen molar-refractivity contribution in [3.8, 4) is 0 Å². The van der Waals surface area contributed by atoms with Gasteiger partial charge in [0, 0.05) is 24.8 Å². The van der Waals surface area contributed by atoms with E-state index in [9.17, 15) is 9.59 Å². The van der Waals surface area contributed by atoms with Crippen molar-refractivity contribution in [2.45, 2.75) is 71.3 Å². The molecular formula is C14H25NO2. The Labute approximate surface area is 104 Å². The Morgan fingerprint density at radius 2 is 2.00 bits per heavy atom. The van der Waals surface area contributed by atoms with Gasteiger partial charge >= 0.3 is 0 Å². The van der Waals surface area contributed by atoms with Crippen LogP contribution in [0.4, 0.5) is 0 Å². The SMILES string of the molecule is CCCCC(CC)C(=O)NC1CCC(=O)CC1. The van der Waals surface area contributed by atoms with Crippen LogP contribution in [0.1, 0.15) is 65.2 Å². The second-order valence-corrected chi connectivity index (χ2v) is 5.07. The Bertz CT molecular complexity index is 253. The first-order chi connectivity index (χ1) is 8.17. The molecule has 1 aliphatic rings. The highest BCUT2D eigenvalue weighted by atomic mass is 16.2. The van der Waals surface area contributed by atoms with E-state index in [4.69, 9.17) is 0 Å². The lowest BCUT2D eigenvalue weighted by molar-refractivity contribution is -0.127. The maximum Gasteiger partial charge on any atom is 0.223 e. The predicted molar refractivity (Wildman–Crippen MR) is 68.7 cm³/mol. The molecule has 0 aromatic carbocycles. The molecule has 3 heteroatoms. The number of hydrogen-bond acceptors (Lipinski definition) is 2. The van der Waals surface area contributed by atoms with Crippen molar-refractivity contribution in [3.05, 3.63) is 0 Å². The smallest absolute Gasteiger partial charge is 0.223 e. The summed E-state index contributed by atoms with van der Waals surface area (Å²) in [4.78, 5) is 23.1. The van der Waals surface area contributed by atoms with Crippen molar-refractivity contribution < 1.29 is 9.59 Å². The van der Waals surface area contributed by atoms with Gasteiger partial charge in [0.2, 0.25) is 5.91 Å².